The van der Waals surface area contributed by atoms with Gasteiger partial charge in [0.1, 0.15) is 12.7 Å². The van der Waals surface area contributed by atoms with Crippen LogP contribution in [0.25, 0.3) is 5.69 Å². The highest BCUT2D eigenvalue weighted by Gasteiger charge is 2.34. The van der Waals surface area contributed by atoms with Gasteiger partial charge in [-0.3, -0.25) is 9.59 Å². The van der Waals surface area contributed by atoms with Crippen LogP contribution in [0.1, 0.15) is 30.5 Å². The van der Waals surface area contributed by atoms with Crippen molar-refractivity contribution in [2.24, 2.45) is 5.92 Å². The molecular formula is C23H25N5O2. The van der Waals surface area contributed by atoms with Gasteiger partial charge in [-0.25, -0.2) is 9.67 Å². The topological polar surface area (TPSA) is 80.1 Å². The third kappa shape index (κ3) is 4.56. The predicted molar refractivity (Wildman–Crippen MR) is 113 cm³/mol. The average Bonchev–Trinajstić information content (AvgIpc) is 3.43. The first-order valence-electron chi connectivity index (χ1n) is 10.2. The van der Waals surface area contributed by atoms with E-state index in [0.29, 0.717) is 13.1 Å². The molecule has 154 valence electrons. The Kier molecular flexibility index (Phi) is 5.88. The van der Waals surface area contributed by atoms with Crippen LogP contribution < -0.4 is 5.32 Å². The van der Waals surface area contributed by atoms with E-state index in [9.17, 15) is 9.59 Å². The normalized spacial score (nSPS) is 17.2. The smallest absolute Gasteiger partial charge is 0.225 e. The van der Waals surface area contributed by atoms with Gasteiger partial charge in [0.05, 0.1) is 17.6 Å². The highest BCUT2D eigenvalue weighted by atomic mass is 16.2. The second kappa shape index (κ2) is 8.90. The summed E-state index contributed by atoms with van der Waals surface area (Å²) in [6.07, 6.45) is 4.21. The number of nitrogens with zero attached hydrogens (tertiary/aromatic N) is 4. The predicted octanol–water partition coefficient (Wildman–Crippen LogP) is 2.54. The van der Waals surface area contributed by atoms with Crippen molar-refractivity contribution in [3.05, 3.63) is 78.4 Å². The molecule has 0 aliphatic carbocycles. The van der Waals surface area contributed by atoms with E-state index in [-0.39, 0.29) is 30.2 Å². The quantitative estimate of drug-likeness (QED) is 0.657. The van der Waals surface area contributed by atoms with Crippen molar-refractivity contribution < 1.29 is 9.59 Å². The third-order valence-electron chi connectivity index (χ3n) is 5.53. The maximum Gasteiger partial charge on any atom is 0.225 e. The van der Waals surface area contributed by atoms with Gasteiger partial charge < -0.3 is 10.2 Å². The van der Waals surface area contributed by atoms with Crippen LogP contribution in [0.4, 0.5) is 0 Å². The zero-order chi connectivity index (χ0) is 20.9. The standard InChI is InChI=1S/C23H25N5O2/c1-17(19-7-9-21(10-8-19)28-16-24-15-25-28)26-23(30)20-13-22(29)27(14-20)12-11-18-5-3-2-4-6-18/h2-10,15-17,20H,11-14H2,1H3,(H,26,30)/t17-,20+/m0/s1. The van der Waals surface area contributed by atoms with Crippen LogP contribution in [-0.2, 0) is 16.0 Å². The highest BCUT2D eigenvalue weighted by molar-refractivity contribution is 5.89. The number of aromatic nitrogens is 3. The van der Waals surface area contributed by atoms with Crippen molar-refractivity contribution in [1.82, 2.24) is 25.0 Å². The number of rotatable bonds is 7. The van der Waals surface area contributed by atoms with Crippen LogP contribution in [0.15, 0.2) is 67.3 Å². The molecule has 1 aromatic heterocycles. The minimum Gasteiger partial charge on any atom is -0.349 e. The Bertz CT molecular complexity index is 986. The monoisotopic (exact) mass is 403 g/mol. The Morgan fingerprint density at radius 3 is 2.63 bits per heavy atom. The fourth-order valence-corrected chi connectivity index (χ4v) is 3.74. The van der Waals surface area contributed by atoms with Crippen molar-refractivity contribution in [2.45, 2.75) is 25.8 Å². The number of hydrogen-bond donors (Lipinski definition) is 1. The molecule has 1 N–H and O–H groups in total. The summed E-state index contributed by atoms with van der Waals surface area (Å²) in [6, 6.07) is 17.8. The van der Waals surface area contributed by atoms with Crippen LogP contribution in [0.2, 0.25) is 0 Å². The van der Waals surface area contributed by atoms with Gasteiger partial charge in [-0.1, -0.05) is 42.5 Å². The molecule has 0 unspecified atom stereocenters. The lowest BCUT2D eigenvalue weighted by Gasteiger charge is -2.19. The maximum atomic E-state index is 12.7. The molecule has 30 heavy (non-hydrogen) atoms. The number of benzene rings is 2. The maximum absolute atomic E-state index is 12.7. The molecule has 0 saturated carbocycles. The molecule has 2 amide bonds. The molecule has 2 aromatic carbocycles. The molecular weight excluding hydrogens is 378 g/mol. The molecule has 7 nitrogen and oxygen atoms in total. The molecule has 1 saturated heterocycles. The molecule has 0 spiro atoms. The lowest BCUT2D eigenvalue weighted by molar-refractivity contribution is -0.129. The summed E-state index contributed by atoms with van der Waals surface area (Å²) in [6.45, 7) is 3.08. The van der Waals surface area contributed by atoms with Gasteiger partial charge in [0.25, 0.3) is 0 Å². The van der Waals surface area contributed by atoms with E-state index >= 15 is 0 Å². The van der Waals surface area contributed by atoms with E-state index < -0.39 is 0 Å². The lowest BCUT2D eigenvalue weighted by Crippen LogP contribution is -2.35. The molecule has 1 aliphatic rings. The average molecular weight is 403 g/mol. The number of carbonyl (C=O) groups excluding carboxylic acids is 2. The Labute approximate surface area is 175 Å². The second-order valence-electron chi connectivity index (χ2n) is 7.64. The molecule has 7 heteroatoms. The first kappa shape index (κ1) is 19.8. The minimum atomic E-state index is -0.301. The van der Waals surface area contributed by atoms with Crippen LogP contribution in [0.3, 0.4) is 0 Å². The molecule has 0 bridgehead atoms. The first-order chi connectivity index (χ1) is 14.6. The summed E-state index contributed by atoms with van der Waals surface area (Å²) in [7, 11) is 0. The van der Waals surface area contributed by atoms with Crippen LogP contribution >= 0.6 is 0 Å². The van der Waals surface area contributed by atoms with Gasteiger partial charge in [0.15, 0.2) is 0 Å². The van der Waals surface area contributed by atoms with Gasteiger partial charge in [-0.05, 0) is 36.6 Å². The van der Waals surface area contributed by atoms with Crippen molar-refractivity contribution >= 4 is 11.8 Å². The minimum absolute atomic E-state index is 0.0518. The van der Waals surface area contributed by atoms with Crippen molar-refractivity contribution in [1.29, 1.82) is 0 Å². The van der Waals surface area contributed by atoms with Gasteiger partial charge in [-0.15, -0.1) is 0 Å². The molecule has 2 atom stereocenters. The largest absolute Gasteiger partial charge is 0.349 e. The Hall–Kier alpha value is -3.48. The summed E-state index contributed by atoms with van der Waals surface area (Å²) >= 11 is 0. The van der Waals surface area contributed by atoms with E-state index in [1.165, 1.54) is 11.9 Å². The van der Waals surface area contributed by atoms with Crippen molar-refractivity contribution in [2.75, 3.05) is 13.1 Å². The Morgan fingerprint density at radius 2 is 1.93 bits per heavy atom. The lowest BCUT2D eigenvalue weighted by atomic mass is 10.0. The third-order valence-corrected chi connectivity index (χ3v) is 5.53. The number of nitrogens with one attached hydrogen (secondary N) is 1. The summed E-state index contributed by atoms with van der Waals surface area (Å²) in [4.78, 5) is 30.8. The molecule has 3 aromatic rings. The van der Waals surface area contributed by atoms with E-state index in [4.69, 9.17) is 0 Å². The van der Waals surface area contributed by atoms with Crippen LogP contribution in [0, 0.1) is 5.92 Å². The Balaban J connectivity index is 1.30. The van der Waals surface area contributed by atoms with Crippen molar-refractivity contribution in [3.8, 4) is 5.69 Å². The Morgan fingerprint density at radius 1 is 1.17 bits per heavy atom. The number of carbonyl (C=O) groups is 2. The zero-order valence-electron chi connectivity index (χ0n) is 16.9. The van der Waals surface area contributed by atoms with E-state index in [1.807, 2.05) is 49.4 Å². The van der Waals surface area contributed by atoms with Crippen molar-refractivity contribution in [3.63, 3.8) is 0 Å². The van der Waals surface area contributed by atoms with Gasteiger partial charge >= 0.3 is 0 Å². The number of amides is 2. The molecule has 1 fully saturated rings. The van der Waals surface area contributed by atoms with Crippen LogP contribution in [-0.4, -0.2) is 44.6 Å². The van der Waals surface area contributed by atoms with E-state index in [1.54, 1.807) is 15.9 Å². The number of likely N-dealkylation sites (tertiary alicyclic amines) is 1. The highest BCUT2D eigenvalue weighted by Crippen LogP contribution is 2.21. The molecule has 4 rings (SSSR count). The second-order valence-corrected chi connectivity index (χ2v) is 7.64. The van der Waals surface area contributed by atoms with Gasteiger partial charge in [-0.2, -0.15) is 5.10 Å². The van der Waals surface area contributed by atoms with Gasteiger partial charge in [0.2, 0.25) is 11.8 Å². The molecule has 0 radical (unpaired) electrons. The van der Waals surface area contributed by atoms with Crippen LogP contribution in [0.5, 0.6) is 0 Å². The fraction of sp³-hybridized carbons (Fsp3) is 0.304. The molecule has 1 aliphatic heterocycles. The molecule has 2 heterocycles. The van der Waals surface area contributed by atoms with Gasteiger partial charge in [0, 0.05) is 19.5 Å². The fourth-order valence-electron chi connectivity index (χ4n) is 3.74. The van der Waals surface area contributed by atoms with E-state index in [0.717, 1.165) is 17.7 Å². The van der Waals surface area contributed by atoms with E-state index in [2.05, 4.69) is 27.5 Å². The number of hydrogen-bond acceptors (Lipinski definition) is 4. The summed E-state index contributed by atoms with van der Waals surface area (Å²) < 4.78 is 1.68. The SMILES string of the molecule is C[C@H](NC(=O)[C@@H]1CC(=O)N(CCc2ccccc2)C1)c1ccc(-n2cncn2)cc1. The zero-order valence-corrected chi connectivity index (χ0v) is 16.9. The summed E-state index contributed by atoms with van der Waals surface area (Å²) in [5.74, 6) is -0.320. The summed E-state index contributed by atoms with van der Waals surface area (Å²) in [5, 5.41) is 7.16. The summed E-state index contributed by atoms with van der Waals surface area (Å²) in [5.41, 5.74) is 3.10. The first-order valence-corrected chi connectivity index (χ1v) is 10.2.